The Morgan fingerprint density at radius 2 is 2.00 bits per heavy atom. The van der Waals surface area contributed by atoms with Crippen LogP contribution in [0.1, 0.15) is 71.4 Å². The molecule has 2 bridgehead atoms. The van der Waals surface area contributed by atoms with Crippen LogP contribution >= 0.6 is 11.6 Å². The van der Waals surface area contributed by atoms with Crippen LogP contribution in [-0.4, -0.2) is 82.3 Å². The van der Waals surface area contributed by atoms with Crippen molar-refractivity contribution in [1.82, 2.24) is 14.5 Å². The average molecular weight is 766 g/mol. The number of nitrogens with one attached hydrogen (secondary N) is 1. The van der Waals surface area contributed by atoms with Crippen molar-refractivity contribution in [1.29, 1.82) is 0 Å². The lowest BCUT2D eigenvalue weighted by atomic mass is 9.68. The van der Waals surface area contributed by atoms with Gasteiger partial charge in [0.25, 0.3) is 11.8 Å². The van der Waals surface area contributed by atoms with E-state index in [-0.39, 0.29) is 46.1 Å². The minimum absolute atomic E-state index is 0.0303. The van der Waals surface area contributed by atoms with E-state index in [0.717, 1.165) is 37.8 Å². The third-order valence-electron chi connectivity index (χ3n) is 11.7. The second-order valence-corrected chi connectivity index (χ2v) is 17.8. The van der Waals surface area contributed by atoms with Crippen molar-refractivity contribution in [3.8, 4) is 11.6 Å². The molecule has 1 spiro atoms. The van der Waals surface area contributed by atoms with E-state index in [2.05, 4.69) is 31.2 Å². The third-order valence-corrected chi connectivity index (χ3v) is 13.9. The molecule has 12 nitrogen and oxygen atoms in total. The highest BCUT2D eigenvalue weighted by atomic mass is 35.5. The number of nitrogens with zero attached hydrogens (tertiary/aromatic N) is 4. The number of carbonyl (C=O) groups excluding carboxylic acids is 2. The molecule has 284 valence electrons. The number of methoxy groups -OCH3 is 2. The Bertz CT molecular complexity index is 2070. The zero-order valence-corrected chi connectivity index (χ0v) is 32.4. The van der Waals surface area contributed by atoms with Gasteiger partial charge in [0.2, 0.25) is 5.88 Å². The van der Waals surface area contributed by atoms with Gasteiger partial charge >= 0.3 is 0 Å². The number of rotatable bonds is 4. The summed E-state index contributed by atoms with van der Waals surface area (Å²) in [6.45, 7) is 5.15. The fourth-order valence-corrected chi connectivity index (χ4v) is 10.6. The number of aliphatic hydroxyl groups is 1. The molecule has 3 aromatic rings. The summed E-state index contributed by atoms with van der Waals surface area (Å²) in [6.07, 6.45) is 9.58. The summed E-state index contributed by atoms with van der Waals surface area (Å²) in [5, 5.41) is 16.5. The lowest BCUT2D eigenvalue weighted by Gasteiger charge is -2.46. The van der Waals surface area contributed by atoms with Crippen LogP contribution in [0.3, 0.4) is 0 Å². The number of halogens is 1. The highest BCUT2D eigenvalue weighted by molar-refractivity contribution is 7.92. The lowest BCUT2D eigenvalue weighted by Crippen LogP contribution is -2.49. The van der Waals surface area contributed by atoms with Crippen molar-refractivity contribution < 1.29 is 33.1 Å². The second kappa shape index (κ2) is 14.4. The van der Waals surface area contributed by atoms with Crippen LogP contribution < -0.4 is 19.1 Å². The van der Waals surface area contributed by atoms with Crippen molar-refractivity contribution in [2.45, 2.75) is 63.1 Å². The third kappa shape index (κ3) is 7.33. The van der Waals surface area contributed by atoms with Gasteiger partial charge in [-0.2, -0.15) is 0 Å². The number of fused-ring (bicyclic) bond motifs is 4. The number of amides is 2. The maximum Gasteiger partial charge on any atom is 0.286 e. The molecule has 1 aromatic heterocycles. The number of carbonyl (C=O) groups is 2. The second-order valence-electron chi connectivity index (χ2n) is 15.3. The van der Waals surface area contributed by atoms with E-state index in [1.165, 1.54) is 29.1 Å². The molecule has 53 heavy (non-hydrogen) atoms. The number of ether oxygens (including phenoxy) is 3. The Morgan fingerprint density at radius 1 is 1.19 bits per heavy atom. The number of aromatic nitrogens is 2. The Kier molecular flexibility index (Phi) is 10.2. The van der Waals surface area contributed by atoms with Gasteiger partial charge in [0.15, 0.2) is 0 Å². The van der Waals surface area contributed by atoms with E-state index in [9.17, 15) is 18.9 Å². The minimum atomic E-state index is -3.82. The van der Waals surface area contributed by atoms with E-state index >= 15 is 0 Å². The van der Waals surface area contributed by atoms with E-state index in [4.69, 9.17) is 25.8 Å². The molecule has 2 N–H and O–H groups in total. The molecule has 2 aliphatic carbocycles. The number of hydrogen-bond acceptors (Lipinski definition) is 9. The van der Waals surface area contributed by atoms with Crippen LogP contribution in [0.15, 0.2) is 59.1 Å². The van der Waals surface area contributed by atoms with Crippen LogP contribution in [0.2, 0.25) is 5.02 Å². The summed E-state index contributed by atoms with van der Waals surface area (Å²) in [7, 11) is 0.856. The van der Waals surface area contributed by atoms with Gasteiger partial charge in [-0.1, -0.05) is 36.7 Å². The van der Waals surface area contributed by atoms with Crippen molar-refractivity contribution >= 4 is 39.0 Å². The summed E-state index contributed by atoms with van der Waals surface area (Å²) < 4.78 is 40.8. The first-order valence-electron chi connectivity index (χ1n) is 18.2. The fourth-order valence-electron chi connectivity index (χ4n) is 8.40. The summed E-state index contributed by atoms with van der Waals surface area (Å²) >= 11 is 6.46. The highest BCUT2D eigenvalue weighted by Gasteiger charge is 2.45. The molecule has 1 saturated carbocycles. The molecule has 0 saturated heterocycles. The molecule has 14 heteroatoms. The monoisotopic (exact) mass is 765 g/mol. The molecule has 7 atom stereocenters. The summed E-state index contributed by atoms with van der Waals surface area (Å²) in [6, 6.07) is 11.3. The van der Waals surface area contributed by atoms with Crippen LogP contribution in [-0.2, 0) is 33.5 Å². The lowest BCUT2D eigenvalue weighted by molar-refractivity contribution is 0.0101. The first-order valence-corrected chi connectivity index (χ1v) is 20.2. The summed E-state index contributed by atoms with van der Waals surface area (Å²) in [5.74, 6) is -1.41. The largest absolute Gasteiger partial charge is 0.490 e. The average Bonchev–Trinajstić information content (AvgIpc) is 3.43. The smallest absolute Gasteiger partial charge is 0.286 e. The van der Waals surface area contributed by atoms with Gasteiger partial charge in [-0.3, -0.25) is 19.0 Å². The molecule has 0 radical (unpaired) electrons. The molecular formula is C39H48ClN5O7S. The molecule has 2 aliphatic heterocycles. The highest BCUT2D eigenvalue weighted by Crippen LogP contribution is 2.47. The van der Waals surface area contributed by atoms with Crippen LogP contribution in [0.5, 0.6) is 11.6 Å². The molecule has 4 aliphatic rings. The van der Waals surface area contributed by atoms with Gasteiger partial charge in [0.1, 0.15) is 21.2 Å². The molecule has 1 fully saturated rings. The van der Waals surface area contributed by atoms with Crippen molar-refractivity contribution in [2.24, 2.45) is 29.2 Å². The van der Waals surface area contributed by atoms with E-state index in [1.807, 2.05) is 12.1 Å². The summed E-state index contributed by atoms with van der Waals surface area (Å²) in [5.41, 5.74) is 1.67. The number of aryl methyl sites for hydroxylation is 2. The van der Waals surface area contributed by atoms with Crippen LogP contribution in [0, 0.1) is 17.8 Å². The maximum atomic E-state index is 14.7. The van der Waals surface area contributed by atoms with Gasteiger partial charge in [-0.15, -0.1) is 9.46 Å². The maximum absolute atomic E-state index is 14.7. The Hall–Kier alpha value is -3.91. The Balaban J connectivity index is 1.33. The molecule has 7 rings (SSSR count). The standard InChI is InChI=1S/C39H48ClN5O7S/c1-24-21-53(49,43-36(47)30-20-44(3)41-37(30)51-5)42-35(46)26-9-13-34-32(18-26)45(19-27-8-11-29(27)33(50-4)14-16-38(24,2)48)22-39(23-52-34)15-6-7-25-17-28(40)10-12-31(25)39/h9-10,12-14,16-18,20,24,27,29,33,48H,6-8,11,15,19,21-23H2,1-5H3,(H,42,43,46,47,49)/b16-14+/t24-,27+,29-,33+,38+,39+,53+/m1/s1. The van der Waals surface area contributed by atoms with Crippen molar-refractivity contribution in [3.63, 3.8) is 0 Å². The molecule has 2 amide bonds. The normalized spacial score (nSPS) is 31.9. The minimum Gasteiger partial charge on any atom is -0.490 e. The zero-order valence-electron chi connectivity index (χ0n) is 30.8. The van der Waals surface area contributed by atoms with Gasteiger partial charge in [0.05, 0.1) is 36.9 Å². The summed E-state index contributed by atoms with van der Waals surface area (Å²) in [4.78, 5) is 30.0. The van der Waals surface area contributed by atoms with Crippen LogP contribution in [0.25, 0.3) is 0 Å². The van der Waals surface area contributed by atoms with Crippen LogP contribution in [0.4, 0.5) is 5.69 Å². The number of anilines is 1. The van der Waals surface area contributed by atoms with E-state index in [1.54, 1.807) is 52.3 Å². The van der Waals surface area contributed by atoms with Crippen molar-refractivity contribution in [2.75, 3.05) is 44.6 Å². The zero-order chi connectivity index (χ0) is 37.7. The van der Waals surface area contributed by atoms with E-state index in [0.29, 0.717) is 30.5 Å². The molecular weight excluding hydrogens is 718 g/mol. The SMILES string of the molecule is COc1nn(C)cc1C(=O)N[S@@]1(=O)=NC(=O)c2ccc3c(c2)N(C[C@@H]2CC[C@H]2[C@@H](OC)/C=C/[C@](C)(O)[C@H](C)C1)C[C@@]1(CCCc2cc(Cl)ccc21)CO3. The van der Waals surface area contributed by atoms with Crippen molar-refractivity contribution in [3.05, 3.63) is 82.0 Å². The number of hydrogen-bond donors (Lipinski definition) is 2. The fraction of sp³-hybridized carbons (Fsp3) is 0.513. The first-order chi connectivity index (χ1) is 25.2. The van der Waals surface area contributed by atoms with Gasteiger partial charge < -0.3 is 24.2 Å². The molecule has 0 unspecified atom stereocenters. The Labute approximate surface area is 316 Å². The molecule has 2 aromatic carbocycles. The predicted octanol–water partition coefficient (Wildman–Crippen LogP) is 5.51. The predicted molar refractivity (Wildman–Crippen MR) is 203 cm³/mol. The quantitative estimate of drug-likeness (QED) is 0.329. The molecule has 3 heterocycles. The van der Waals surface area contributed by atoms with E-state index < -0.39 is 33.2 Å². The number of benzene rings is 2. The first kappa shape index (κ1) is 37.4. The van der Waals surface area contributed by atoms with Gasteiger partial charge in [0, 0.05) is 55.4 Å². The van der Waals surface area contributed by atoms with Gasteiger partial charge in [-0.05, 0) is 92.3 Å². The topological polar surface area (TPSA) is 145 Å². The Morgan fingerprint density at radius 3 is 2.74 bits per heavy atom. The van der Waals surface area contributed by atoms with Gasteiger partial charge in [-0.25, -0.2) is 4.21 Å².